The monoisotopic (exact) mass is 601 g/mol. The van der Waals surface area contributed by atoms with Gasteiger partial charge in [0.2, 0.25) is 5.79 Å². The summed E-state index contributed by atoms with van der Waals surface area (Å²) in [6.45, 7) is -0.887. The molecule has 0 aliphatic carbocycles. The van der Waals surface area contributed by atoms with Gasteiger partial charge in [0.1, 0.15) is 18.3 Å². The molecule has 0 radical (unpaired) electrons. The van der Waals surface area contributed by atoms with Crippen LogP contribution in [-0.2, 0) is 14.3 Å². The molecule has 7 N–H and O–H groups in total. The number of halogens is 2. The number of benzene rings is 2. The van der Waals surface area contributed by atoms with Crippen molar-refractivity contribution in [2.24, 2.45) is 0 Å². The Morgan fingerprint density at radius 1 is 1.16 bits per heavy atom. The van der Waals surface area contributed by atoms with E-state index in [1.165, 1.54) is 0 Å². The van der Waals surface area contributed by atoms with Crippen LogP contribution in [0.15, 0.2) is 51.7 Å². The number of carboxylic acids is 2. The SMILES string of the molecule is O=C(O)C(=O)O.O=c1c2cc(Br)ccc2nc(-c2ccccc2Cl)n1NCC1(O)OCC(O)C(O)C1O. The molecular weight excluding hydrogens is 582 g/mol. The maximum absolute atomic E-state index is 13.3. The minimum absolute atomic E-state index is 0.180. The Bertz CT molecular complexity index is 1370. The van der Waals surface area contributed by atoms with Crippen molar-refractivity contribution in [3.05, 3.63) is 62.3 Å². The van der Waals surface area contributed by atoms with E-state index in [0.29, 0.717) is 26.0 Å². The molecule has 1 aliphatic rings. The molecular formula is C22H21BrClN3O10. The first kappa shape index (κ1) is 28.5. The fourth-order valence-corrected chi connectivity index (χ4v) is 3.95. The number of aliphatic hydroxyl groups is 4. The van der Waals surface area contributed by atoms with E-state index in [0.717, 1.165) is 4.68 Å². The predicted molar refractivity (Wildman–Crippen MR) is 133 cm³/mol. The summed E-state index contributed by atoms with van der Waals surface area (Å²) in [5, 5.41) is 55.8. The summed E-state index contributed by atoms with van der Waals surface area (Å²) in [6, 6.07) is 11.9. The highest BCUT2D eigenvalue weighted by molar-refractivity contribution is 9.10. The van der Waals surface area contributed by atoms with Gasteiger partial charge in [0, 0.05) is 10.0 Å². The number of aromatic nitrogens is 2. The van der Waals surface area contributed by atoms with Crippen LogP contribution in [0.2, 0.25) is 5.02 Å². The molecule has 1 aliphatic heterocycles. The van der Waals surface area contributed by atoms with Gasteiger partial charge < -0.3 is 40.8 Å². The summed E-state index contributed by atoms with van der Waals surface area (Å²) in [7, 11) is 0. The number of aliphatic carboxylic acids is 2. The molecule has 3 aromatic rings. The average Bonchev–Trinajstić information content (AvgIpc) is 2.86. The van der Waals surface area contributed by atoms with Crippen molar-refractivity contribution in [2.45, 2.75) is 24.1 Å². The Kier molecular flexibility index (Phi) is 8.86. The molecule has 1 saturated heterocycles. The van der Waals surface area contributed by atoms with Crippen molar-refractivity contribution in [1.29, 1.82) is 0 Å². The fourth-order valence-electron chi connectivity index (χ4n) is 3.37. The van der Waals surface area contributed by atoms with Crippen LogP contribution in [0, 0.1) is 0 Å². The Morgan fingerprint density at radius 2 is 1.81 bits per heavy atom. The summed E-state index contributed by atoms with van der Waals surface area (Å²) in [6.07, 6.45) is -4.78. The molecule has 198 valence electrons. The number of hydrogen-bond acceptors (Lipinski definition) is 10. The lowest BCUT2D eigenvalue weighted by molar-refractivity contribution is -0.314. The minimum Gasteiger partial charge on any atom is -0.473 e. The van der Waals surface area contributed by atoms with Gasteiger partial charge in [-0.3, -0.25) is 4.79 Å². The number of carboxylic acid groups (broad SMARTS) is 2. The van der Waals surface area contributed by atoms with Crippen LogP contribution in [0.5, 0.6) is 0 Å². The van der Waals surface area contributed by atoms with Crippen molar-refractivity contribution in [3.8, 4) is 11.4 Å². The smallest absolute Gasteiger partial charge is 0.414 e. The fraction of sp³-hybridized carbons (Fsp3) is 0.273. The molecule has 2 heterocycles. The number of aliphatic hydroxyl groups excluding tert-OH is 3. The van der Waals surface area contributed by atoms with Crippen molar-refractivity contribution in [2.75, 3.05) is 18.6 Å². The first-order chi connectivity index (χ1) is 17.4. The predicted octanol–water partition coefficient (Wildman–Crippen LogP) is -0.0200. The molecule has 0 amide bonds. The number of rotatable bonds is 4. The largest absolute Gasteiger partial charge is 0.473 e. The van der Waals surface area contributed by atoms with Crippen molar-refractivity contribution in [3.63, 3.8) is 0 Å². The first-order valence-electron chi connectivity index (χ1n) is 10.4. The van der Waals surface area contributed by atoms with Gasteiger partial charge in [-0.1, -0.05) is 39.7 Å². The van der Waals surface area contributed by atoms with E-state index >= 15 is 0 Å². The number of nitrogens with zero attached hydrogens (tertiary/aromatic N) is 2. The first-order valence-corrected chi connectivity index (χ1v) is 11.6. The van der Waals surface area contributed by atoms with Crippen molar-refractivity contribution >= 4 is 50.4 Å². The van der Waals surface area contributed by atoms with Gasteiger partial charge in [0.15, 0.2) is 5.82 Å². The number of nitrogens with one attached hydrogen (secondary N) is 1. The summed E-state index contributed by atoms with van der Waals surface area (Å²) < 4.78 is 6.94. The Balaban J connectivity index is 0.000000568. The van der Waals surface area contributed by atoms with E-state index in [4.69, 9.17) is 36.1 Å². The zero-order chi connectivity index (χ0) is 27.5. The molecule has 0 spiro atoms. The van der Waals surface area contributed by atoms with E-state index in [1.54, 1.807) is 42.5 Å². The zero-order valence-electron chi connectivity index (χ0n) is 18.7. The molecule has 37 heavy (non-hydrogen) atoms. The highest BCUT2D eigenvalue weighted by Gasteiger charge is 2.48. The molecule has 1 fully saturated rings. The molecule has 4 unspecified atom stereocenters. The van der Waals surface area contributed by atoms with Gasteiger partial charge in [-0.2, -0.15) is 0 Å². The van der Waals surface area contributed by atoms with Gasteiger partial charge in [0.05, 0.1) is 29.1 Å². The van der Waals surface area contributed by atoms with E-state index in [2.05, 4.69) is 26.3 Å². The Morgan fingerprint density at radius 3 is 2.43 bits per heavy atom. The van der Waals surface area contributed by atoms with E-state index in [-0.39, 0.29) is 5.82 Å². The maximum atomic E-state index is 13.3. The highest BCUT2D eigenvalue weighted by Crippen LogP contribution is 2.28. The molecule has 0 saturated carbocycles. The second-order valence-electron chi connectivity index (χ2n) is 7.82. The summed E-state index contributed by atoms with van der Waals surface area (Å²) in [5.41, 5.74) is 3.16. The van der Waals surface area contributed by atoms with Gasteiger partial charge in [-0.25, -0.2) is 19.2 Å². The molecule has 0 bridgehead atoms. The van der Waals surface area contributed by atoms with E-state index in [9.17, 15) is 25.2 Å². The number of fused-ring (bicyclic) bond motifs is 1. The van der Waals surface area contributed by atoms with Crippen LogP contribution in [0.25, 0.3) is 22.3 Å². The van der Waals surface area contributed by atoms with Gasteiger partial charge in [0.25, 0.3) is 5.56 Å². The maximum Gasteiger partial charge on any atom is 0.414 e. The summed E-state index contributed by atoms with van der Waals surface area (Å²) in [5.74, 6) is -5.73. The third kappa shape index (κ3) is 6.24. The van der Waals surface area contributed by atoms with Crippen molar-refractivity contribution in [1.82, 2.24) is 9.66 Å². The average molecular weight is 603 g/mol. The van der Waals surface area contributed by atoms with Crippen LogP contribution in [0.4, 0.5) is 0 Å². The zero-order valence-corrected chi connectivity index (χ0v) is 21.0. The third-order valence-corrected chi connectivity index (χ3v) is 6.13. The second kappa shape index (κ2) is 11.5. The summed E-state index contributed by atoms with van der Waals surface area (Å²) in [4.78, 5) is 36.0. The van der Waals surface area contributed by atoms with E-state index < -0.39 is 54.7 Å². The van der Waals surface area contributed by atoms with Gasteiger partial charge in [-0.05, 0) is 30.3 Å². The van der Waals surface area contributed by atoms with Crippen LogP contribution in [0.1, 0.15) is 0 Å². The van der Waals surface area contributed by atoms with Crippen LogP contribution in [-0.4, -0.2) is 89.5 Å². The standard InChI is InChI=1S/C20H19BrClN3O6.C2H2O4/c21-10-5-6-14-12(7-10)19(29)25(18(24-14)11-3-1-2-4-13(11)22)23-9-20(30)17(28)16(27)15(26)8-31-20;3-1(4)2(5)6/h1-7,15-17,23,26-28,30H,8-9H2;(H,3,4)(H,5,6). The van der Waals surface area contributed by atoms with Gasteiger partial charge in [-0.15, -0.1) is 0 Å². The lowest BCUT2D eigenvalue weighted by Gasteiger charge is -2.41. The third-order valence-electron chi connectivity index (χ3n) is 5.30. The minimum atomic E-state index is -2.26. The quantitative estimate of drug-likeness (QED) is 0.196. The number of hydrogen-bond donors (Lipinski definition) is 7. The molecule has 1 aromatic heterocycles. The number of ether oxygens (including phenoxy) is 1. The topological polar surface area (TPSA) is 212 Å². The van der Waals surface area contributed by atoms with E-state index in [1.807, 2.05) is 0 Å². The second-order valence-corrected chi connectivity index (χ2v) is 9.14. The summed E-state index contributed by atoms with van der Waals surface area (Å²) >= 11 is 9.66. The number of carbonyl (C=O) groups is 2. The van der Waals surface area contributed by atoms with Gasteiger partial charge >= 0.3 is 11.9 Å². The van der Waals surface area contributed by atoms with Crippen molar-refractivity contribution < 1.29 is 45.0 Å². The Hall–Kier alpha value is -3.11. The molecule has 4 atom stereocenters. The van der Waals surface area contributed by atoms with Crippen LogP contribution < -0.4 is 11.0 Å². The molecule has 2 aromatic carbocycles. The van der Waals surface area contributed by atoms with Crippen LogP contribution in [0.3, 0.4) is 0 Å². The molecule has 15 heteroatoms. The molecule has 4 rings (SSSR count). The highest BCUT2D eigenvalue weighted by atomic mass is 79.9. The lowest BCUT2D eigenvalue weighted by atomic mass is 9.97. The normalized spacial score (nSPS) is 23.1. The van der Waals surface area contributed by atoms with Crippen LogP contribution >= 0.6 is 27.5 Å². The lowest BCUT2D eigenvalue weighted by Crippen LogP contribution is -2.64. The Labute approximate surface area is 221 Å². The molecule has 13 nitrogen and oxygen atoms in total.